The largest absolute Gasteiger partial charge is 0.388 e. The molecule has 220 valence electrons. The first-order chi connectivity index (χ1) is 20.7. The zero-order valence-electron chi connectivity index (χ0n) is 23.2. The highest BCUT2D eigenvalue weighted by molar-refractivity contribution is 6.35. The molecular formula is C32H29ClF2N6O2. The molecule has 2 bridgehead atoms. The van der Waals surface area contributed by atoms with E-state index in [1.807, 2.05) is 11.0 Å². The molecular weight excluding hydrogens is 574 g/mol. The fourth-order valence-corrected chi connectivity index (χ4v) is 7.32. The number of nitriles is 1. The van der Waals surface area contributed by atoms with Crippen LogP contribution in [0.2, 0.25) is 5.02 Å². The molecule has 1 aromatic heterocycles. The Morgan fingerprint density at radius 1 is 1.09 bits per heavy atom. The molecule has 1 saturated carbocycles. The van der Waals surface area contributed by atoms with Crippen LogP contribution in [0.5, 0.6) is 0 Å². The van der Waals surface area contributed by atoms with E-state index in [1.54, 1.807) is 24.3 Å². The van der Waals surface area contributed by atoms with E-state index in [2.05, 4.69) is 10.3 Å². The maximum Gasteiger partial charge on any atom is 0.254 e. The van der Waals surface area contributed by atoms with Gasteiger partial charge in [-0.25, -0.2) is 13.5 Å². The molecule has 43 heavy (non-hydrogen) atoms. The molecule has 3 fully saturated rings. The van der Waals surface area contributed by atoms with Crippen LogP contribution in [-0.2, 0) is 6.54 Å². The number of fused-ring (bicyclic) bond motifs is 3. The fourth-order valence-electron chi connectivity index (χ4n) is 7.02. The summed E-state index contributed by atoms with van der Waals surface area (Å²) in [4.78, 5) is 15.8. The van der Waals surface area contributed by atoms with Crippen LogP contribution in [0.25, 0.3) is 33.3 Å². The number of nitrogens with two attached hydrogens (primary N) is 1. The van der Waals surface area contributed by atoms with Crippen LogP contribution in [0.3, 0.4) is 0 Å². The van der Waals surface area contributed by atoms with Gasteiger partial charge in [0.1, 0.15) is 27.9 Å². The van der Waals surface area contributed by atoms with Gasteiger partial charge in [0, 0.05) is 29.3 Å². The second-order valence-corrected chi connectivity index (χ2v) is 12.5. The molecule has 2 saturated heterocycles. The molecule has 0 unspecified atom stereocenters. The molecule has 0 spiro atoms. The van der Waals surface area contributed by atoms with Gasteiger partial charge in [-0.1, -0.05) is 28.9 Å². The van der Waals surface area contributed by atoms with Crippen molar-refractivity contribution in [2.75, 3.05) is 0 Å². The number of benzene rings is 3. The topological polar surface area (TPSA) is 121 Å². The molecule has 3 N–H and O–H groups in total. The van der Waals surface area contributed by atoms with Crippen molar-refractivity contribution in [3.63, 3.8) is 0 Å². The number of hydrogen-bond donors (Lipinski definition) is 2. The summed E-state index contributed by atoms with van der Waals surface area (Å²) in [6.45, 7) is 0.151. The fraction of sp³-hybridized carbons (Fsp3) is 0.375. The Kier molecular flexibility index (Phi) is 6.73. The molecule has 3 aliphatic rings. The van der Waals surface area contributed by atoms with Gasteiger partial charge >= 0.3 is 0 Å². The Morgan fingerprint density at radius 3 is 2.49 bits per heavy atom. The lowest BCUT2D eigenvalue weighted by molar-refractivity contribution is -0.0492. The van der Waals surface area contributed by atoms with Crippen molar-refractivity contribution in [2.24, 2.45) is 5.73 Å². The summed E-state index contributed by atoms with van der Waals surface area (Å²) in [6.07, 6.45) is 5.43. The second kappa shape index (κ2) is 10.4. The van der Waals surface area contributed by atoms with E-state index in [0.29, 0.717) is 40.6 Å². The minimum absolute atomic E-state index is 0.0657. The first-order valence-electron chi connectivity index (χ1n) is 14.5. The molecule has 2 aliphatic heterocycles. The van der Waals surface area contributed by atoms with Crippen molar-refractivity contribution in [2.45, 2.75) is 75.2 Å². The zero-order chi connectivity index (χ0) is 30.0. The Bertz CT molecular complexity index is 1820. The zero-order valence-corrected chi connectivity index (χ0v) is 24.0. The molecule has 7 rings (SSSR count). The minimum Gasteiger partial charge on any atom is -0.388 e. The second-order valence-electron chi connectivity index (χ2n) is 12.1. The summed E-state index contributed by atoms with van der Waals surface area (Å²) in [5.41, 5.74) is 7.43. The van der Waals surface area contributed by atoms with Gasteiger partial charge in [-0.2, -0.15) is 5.26 Å². The van der Waals surface area contributed by atoms with Crippen molar-refractivity contribution in [1.29, 1.82) is 5.26 Å². The van der Waals surface area contributed by atoms with Crippen molar-refractivity contribution in [3.8, 4) is 28.3 Å². The lowest BCUT2D eigenvalue weighted by Gasteiger charge is -2.38. The molecule has 3 heterocycles. The van der Waals surface area contributed by atoms with Crippen LogP contribution in [0.4, 0.5) is 8.78 Å². The van der Waals surface area contributed by atoms with Gasteiger partial charge in [-0.3, -0.25) is 4.79 Å². The number of carbonyl (C=O) groups is 1. The third-order valence-electron chi connectivity index (χ3n) is 9.37. The SMILES string of the molecule is N#Cc1ccc(-c2cc(C(=O)N3[C@@H]4CC[C@H]3C[C@@H](N)C4)ccc2-c2cc3nnn(CC4(O)CCC4)c3c(Cl)c2F)cc1F. The van der Waals surface area contributed by atoms with Gasteiger partial charge in [0.15, 0.2) is 5.82 Å². The molecule has 8 nitrogen and oxygen atoms in total. The Morgan fingerprint density at radius 2 is 1.84 bits per heavy atom. The van der Waals surface area contributed by atoms with Crippen molar-refractivity contribution < 1.29 is 18.7 Å². The third-order valence-corrected chi connectivity index (χ3v) is 9.71. The standard InChI is InChI=1S/C32H29ClF2N6O2/c33-28-29(35)25(14-27-30(28)40(39-38-27)16-32(43)8-1-9-32)23-7-4-18(10-24(23)17-2-3-19(15-36)26(34)11-17)31(42)41-21-5-6-22(41)13-20(37)12-21/h2-4,7,10-11,14,20-22,43H,1,5-6,8-9,12-13,16,37H2/t20-,21+,22-. The number of piperidine rings is 1. The van der Waals surface area contributed by atoms with Gasteiger partial charge in [0.25, 0.3) is 5.91 Å². The van der Waals surface area contributed by atoms with Crippen LogP contribution >= 0.6 is 11.6 Å². The summed E-state index contributed by atoms with van der Waals surface area (Å²) < 4.78 is 32.4. The summed E-state index contributed by atoms with van der Waals surface area (Å²) in [5.74, 6) is -1.60. The van der Waals surface area contributed by atoms with E-state index in [4.69, 9.17) is 17.3 Å². The smallest absolute Gasteiger partial charge is 0.254 e. The van der Waals surface area contributed by atoms with E-state index in [9.17, 15) is 19.6 Å². The monoisotopic (exact) mass is 602 g/mol. The van der Waals surface area contributed by atoms with Gasteiger partial charge in [-0.05, 0) is 92.0 Å². The number of amides is 1. The number of carbonyl (C=O) groups excluding carboxylic acids is 1. The van der Waals surface area contributed by atoms with Crippen LogP contribution in [-0.4, -0.2) is 54.6 Å². The summed E-state index contributed by atoms with van der Waals surface area (Å²) in [5, 5.41) is 28.1. The third kappa shape index (κ3) is 4.67. The Balaban J connectivity index is 1.35. The predicted molar refractivity (Wildman–Crippen MR) is 157 cm³/mol. The number of halogens is 3. The molecule has 3 atom stereocenters. The molecule has 11 heteroatoms. The van der Waals surface area contributed by atoms with Crippen LogP contribution in [0, 0.1) is 23.0 Å². The van der Waals surface area contributed by atoms with Crippen LogP contribution in [0.15, 0.2) is 42.5 Å². The average Bonchev–Trinajstić information content (AvgIpc) is 3.50. The van der Waals surface area contributed by atoms with Gasteiger partial charge < -0.3 is 15.7 Å². The van der Waals surface area contributed by atoms with E-state index in [-0.39, 0.29) is 52.2 Å². The maximum absolute atomic E-state index is 16.1. The number of nitrogens with zero attached hydrogens (tertiary/aromatic N) is 5. The number of rotatable bonds is 5. The Labute approximate surface area is 251 Å². The normalized spacial score (nSPS) is 22.4. The predicted octanol–water partition coefficient (Wildman–Crippen LogP) is 5.58. The highest BCUT2D eigenvalue weighted by atomic mass is 35.5. The molecule has 4 aromatic rings. The molecule has 1 aliphatic carbocycles. The van der Waals surface area contributed by atoms with E-state index < -0.39 is 17.2 Å². The molecule has 3 aromatic carbocycles. The highest BCUT2D eigenvalue weighted by Gasteiger charge is 2.42. The molecule has 0 radical (unpaired) electrons. The number of hydrogen-bond acceptors (Lipinski definition) is 6. The lowest BCUT2D eigenvalue weighted by Crippen LogP contribution is -2.50. The van der Waals surface area contributed by atoms with Crippen molar-refractivity contribution in [1.82, 2.24) is 19.9 Å². The lowest BCUT2D eigenvalue weighted by atomic mass is 9.80. The number of aromatic nitrogens is 3. The van der Waals surface area contributed by atoms with Crippen LogP contribution in [0.1, 0.15) is 60.9 Å². The van der Waals surface area contributed by atoms with E-state index in [0.717, 1.165) is 32.1 Å². The van der Waals surface area contributed by atoms with E-state index >= 15 is 4.39 Å². The summed E-state index contributed by atoms with van der Waals surface area (Å²) in [6, 6.07) is 12.6. The van der Waals surface area contributed by atoms with Gasteiger partial charge in [-0.15, -0.1) is 5.10 Å². The number of aliphatic hydroxyl groups is 1. The summed E-state index contributed by atoms with van der Waals surface area (Å²) >= 11 is 6.59. The van der Waals surface area contributed by atoms with Crippen molar-refractivity contribution >= 4 is 28.5 Å². The van der Waals surface area contributed by atoms with Gasteiger partial charge in [0.05, 0.1) is 17.7 Å². The summed E-state index contributed by atoms with van der Waals surface area (Å²) in [7, 11) is 0. The molecule has 1 amide bonds. The average molecular weight is 603 g/mol. The first kappa shape index (κ1) is 27.9. The highest BCUT2D eigenvalue weighted by Crippen LogP contribution is 2.42. The van der Waals surface area contributed by atoms with Crippen molar-refractivity contribution in [3.05, 3.63) is 70.2 Å². The Hall–Kier alpha value is -3.91. The van der Waals surface area contributed by atoms with Crippen LogP contribution < -0.4 is 5.73 Å². The van der Waals surface area contributed by atoms with E-state index in [1.165, 1.54) is 22.9 Å². The first-order valence-corrected chi connectivity index (χ1v) is 14.9. The quantitative estimate of drug-likeness (QED) is 0.308. The maximum atomic E-state index is 16.1. The minimum atomic E-state index is -0.923. The van der Waals surface area contributed by atoms with Gasteiger partial charge in [0.2, 0.25) is 0 Å².